The van der Waals surface area contributed by atoms with Gasteiger partial charge in [-0.2, -0.15) is 0 Å². The average Bonchev–Trinajstić information content (AvgIpc) is 2.01. The van der Waals surface area contributed by atoms with E-state index in [0.29, 0.717) is 11.8 Å². The fourth-order valence-corrected chi connectivity index (χ4v) is 1.37. The van der Waals surface area contributed by atoms with Crippen molar-refractivity contribution in [1.82, 2.24) is 15.2 Å². The molecule has 1 rings (SSSR count). The second-order valence-corrected chi connectivity index (χ2v) is 4.25. The third-order valence-electron chi connectivity index (χ3n) is 1.95. The molecule has 0 aliphatic rings. The van der Waals surface area contributed by atoms with E-state index in [2.05, 4.69) is 42.9 Å². The summed E-state index contributed by atoms with van der Waals surface area (Å²) in [4.78, 5) is 4.24. The van der Waals surface area contributed by atoms with E-state index < -0.39 is 0 Å². The zero-order valence-electron chi connectivity index (χ0n) is 9.28. The molecule has 0 saturated heterocycles. The molecule has 0 saturated carbocycles. The van der Waals surface area contributed by atoms with Crippen LogP contribution in [0.1, 0.15) is 45.0 Å². The molecule has 0 aliphatic heterocycles. The summed E-state index contributed by atoms with van der Waals surface area (Å²) in [5.74, 6) is 1.18. The molecule has 0 bridgehead atoms. The molecule has 0 aliphatic carbocycles. The summed E-state index contributed by atoms with van der Waals surface area (Å²) in [7, 11) is 0. The second-order valence-electron chi connectivity index (χ2n) is 4.25. The number of hydrogen-bond donors (Lipinski definition) is 1. The van der Waals surface area contributed by atoms with Crippen LogP contribution in [0.15, 0.2) is 0 Å². The zero-order chi connectivity index (χ0) is 10.7. The maximum atomic E-state index is 5.52. The van der Waals surface area contributed by atoms with Gasteiger partial charge in [-0.25, -0.2) is 4.98 Å². The van der Waals surface area contributed by atoms with Crippen molar-refractivity contribution < 1.29 is 0 Å². The first-order valence-corrected chi connectivity index (χ1v) is 4.99. The normalized spacial score (nSPS) is 11.3. The monoisotopic (exact) mass is 194 g/mol. The molecule has 4 nitrogen and oxygen atoms in total. The predicted octanol–water partition coefficient (Wildman–Crippen LogP) is 1.78. The van der Waals surface area contributed by atoms with Crippen LogP contribution < -0.4 is 5.73 Å². The summed E-state index contributed by atoms with van der Waals surface area (Å²) in [6.45, 7) is 8.49. The van der Waals surface area contributed by atoms with Crippen LogP contribution in [0.2, 0.25) is 0 Å². The second kappa shape index (κ2) is 4.35. The van der Waals surface area contributed by atoms with Crippen LogP contribution in [0.4, 0.5) is 5.95 Å². The Morgan fingerprint density at radius 1 is 1.14 bits per heavy atom. The van der Waals surface area contributed by atoms with Crippen LogP contribution >= 0.6 is 0 Å². The third kappa shape index (κ3) is 2.65. The Bertz CT molecular complexity index is 307. The number of nitrogens with two attached hydrogens (primary N) is 1. The lowest BCUT2D eigenvalue weighted by atomic mass is 10.0. The van der Waals surface area contributed by atoms with Crippen molar-refractivity contribution in [3.63, 3.8) is 0 Å². The maximum absolute atomic E-state index is 5.52. The van der Waals surface area contributed by atoms with Gasteiger partial charge in [-0.15, -0.1) is 10.2 Å². The number of nitrogen functional groups attached to an aromatic ring is 1. The first kappa shape index (κ1) is 10.9. The van der Waals surface area contributed by atoms with Crippen LogP contribution in [0.25, 0.3) is 0 Å². The summed E-state index contributed by atoms with van der Waals surface area (Å²) in [5, 5.41) is 7.88. The number of rotatable bonds is 3. The Morgan fingerprint density at radius 3 is 2.29 bits per heavy atom. The van der Waals surface area contributed by atoms with Gasteiger partial charge < -0.3 is 5.73 Å². The van der Waals surface area contributed by atoms with Gasteiger partial charge in [0.2, 0.25) is 5.95 Å². The molecule has 2 N–H and O–H groups in total. The first-order chi connectivity index (χ1) is 6.50. The van der Waals surface area contributed by atoms with E-state index in [-0.39, 0.29) is 5.95 Å². The molecule has 14 heavy (non-hydrogen) atoms. The van der Waals surface area contributed by atoms with Crippen molar-refractivity contribution in [3.8, 4) is 0 Å². The summed E-state index contributed by atoms with van der Waals surface area (Å²) in [5.41, 5.74) is 7.47. The lowest BCUT2D eigenvalue weighted by molar-refractivity contribution is 0.612. The van der Waals surface area contributed by atoms with E-state index in [0.717, 1.165) is 17.8 Å². The Hall–Kier alpha value is -1.19. The maximum Gasteiger partial charge on any atom is 0.240 e. The minimum Gasteiger partial charge on any atom is -0.366 e. The van der Waals surface area contributed by atoms with Crippen LogP contribution in [0.5, 0.6) is 0 Å². The van der Waals surface area contributed by atoms with Crippen molar-refractivity contribution in [2.24, 2.45) is 5.92 Å². The molecule has 0 fully saturated rings. The highest BCUT2D eigenvalue weighted by Crippen LogP contribution is 2.17. The zero-order valence-corrected chi connectivity index (χ0v) is 9.28. The largest absolute Gasteiger partial charge is 0.366 e. The number of hydrogen-bond acceptors (Lipinski definition) is 4. The average molecular weight is 194 g/mol. The quantitative estimate of drug-likeness (QED) is 0.796. The minimum absolute atomic E-state index is 0.269. The van der Waals surface area contributed by atoms with E-state index in [1.54, 1.807) is 0 Å². The molecule has 0 atom stereocenters. The highest BCUT2D eigenvalue weighted by Gasteiger charge is 2.12. The highest BCUT2D eigenvalue weighted by atomic mass is 15.2. The van der Waals surface area contributed by atoms with Crippen molar-refractivity contribution in [1.29, 1.82) is 0 Å². The number of anilines is 1. The van der Waals surface area contributed by atoms with Gasteiger partial charge >= 0.3 is 0 Å². The van der Waals surface area contributed by atoms with Gasteiger partial charge in [-0.1, -0.05) is 27.7 Å². The van der Waals surface area contributed by atoms with Gasteiger partial charge in [-0.3, -0.25) is 0 Å². The summed E-state index contributed by atoms with van der Waals surface area (Å²) >= 11 is 0. The molecule has 78 valence electrons. The van der Waals surface area contributed by atoms with Crippen molar-refractivity contribution in [2.75, 3.05) is 5.73 Å². The summed E-state index contributed by atoms with van der Waals surface area (Å²) < 4.78 is 0. The third-order valence-corrected chi connectivity index (χ3v) is 1.95. The summed E-state index contributed by atoms with van der Waals surface area (Å²) in [6, 6.07) is 0. The lowest BCUT2D eigenvalue weighted by Crippen LogP contribution is -2.10. The molecule has 4 heteroatoms. The van der Waals surface area contributed by atoms with Gasteiger partial charge in [0.15, 0.2) is 0 Å². The number of aromatic nitrogens is 3. The molecular weight excluding hydrogens is 176 g/mol. The van der Waals surface area contributed by atoms with Gasteiger partial charge in [-0.05, 0) is 18.3 Å². The van der Waals surface area contributed by atoms with Crippen LogP contribution in [-0.2, 0) is 6.42 Å². The Balaban J connectivity index is 3.03. The van der Waals surface area contributed by atoms with Crippen molar-refractivity contribution in [3.05, 3.63) is 11.4 Å². The van der Waals surface area contributed by atoms with Crippen molar-refractivity contribution in [2.45, 2.75) is 40.0 Å². The summed E-state index contributed by atoms with van der Waals surface area (Å²) in [6.07, 6.45) is 0.910. The Morgan fingerprint density at radius 2 is 1.79 bits per heavy atom. The van der Waals surface area contributed by atoms with Crippen LogP contribution in [0, 0.1) is 5.92 Å². The molecular formula is C10H18N4. The fraction of sp³-hybridized carbons (Fsp3) is 0.700. The molecule has 1 heterocycles. The van der Waals surface area contributed by atoms with Gasteiger partial charge in [0.1, 0.15) is 0 Å². The molecule has 0 radical (unpaired) electrons. The molecule has 1 aromatic rings. The van der Waals surface area contributed by atoms with E-state index in [4.69, 9.17) is 5.73 Å². The van der Waals surface area contributed by atoms with Gasteiger partial charge in [0.05, 0.1) is 11.4 Å². The minimum atomic E-state index is 0.269. The molecule has 0 aromatic carbocycles. The Labute approximate surface area is 85.0 Å². The predicted molar refractivity (Wildman–Crippen MR) is 56.9 cm³/mol. The first-order valence-electron chi connectivity index (χ1n) is 4.99. The van der Waals surface area contributed by atoms with E-state index in [1.807, 2.05) is 0 Å². The van der Waals surface area contributed by atoms with Gasteiger partial charge in [0, 0.05) is 0 Å². The molecule has 1 aromatic heterocycles. The van der Waals surface area contributed by atoms with E-state index in [1.165, 1.54) is 0 Å². The molecule has 0 amide bonds. The standard InChI is InChI=1S/C10H18N4/c1-6(2)5-8-9(7(3)4)13-14-10(11)12-8/h6-7H,5H2,1-4H3,(H2,11,12,14). The molecule has 0 spiro atoms. The fourth-order valence-electron chi connectivity index (χ4n) is 1.37. The smallest absolute Gasteiger partial charge is 0.240 e. The van der Waals surface area contributed by atoms with Crippen molar-refractivity contribution >= 4 is 5.95 Å². The van der Waals surface area contributed by atoms with E-state index in [9.17, 15) is 0 Å². The Kier molecular flexibility index (Phi) is 3.38. The highest BCUT2D eigenvalue weighted by molar-refractivity contribution is 5.21. The SMILES string of the molecule is CC(C)Cc1nc(N)nnc1C(C)C. The van der Waals surface area contributed by atoms with Crippen LogP contribution in [-0.4, -0.2) is 15.2 Å². The van der Waals surface area contributed by atoms with Crippen LogP contribution in [0.3, 0.4) is 0 Å². The lowest BCUT2D eigenvalue weighted by Gasteiger charge is -2.11. The molecule has 0 unspecified atom stereocenters. The topological polar surface area (TPSA) is 64.7 Å². The number of nitrogens with zero attached hydrogens (tertiary/aromatic N) is 3. The van der Waals surface area contributed by atoms with Gasteiger partial charge in [0.25, 0.3) is 0 Å². The van der Waals surface area contributed by atoms with E-state index >= 15 is 0 Å².